The maximum Gasteiger partial charge on any atom is 0.0701 e. The maximum absolute atomic E-state index is 3.56. The lowest BCUT2D eigenvalue weighted by Gasteiger charge is -2.25. The average Bonchev–Trinajstić information content (AvgIpc) is 2.55. The Morgan fingerprint density at radius 2 is 2.00 bits per heavy atom. The number of nitrogens with one attached hydrogen (secondary N) is 1. The summed E-state index contributed by atoms with van der Waals surface area (Å²) >= 11 is 5.35. The molecule has 1 aliphatic rings. The van der Waals surface area contributed by atoms with Crippen LogP contribution < -0.4 is 5.32 Å². The Kier molecular flexibility index (Phi) is 4.86. The highest BCUT2D eigenvalue weighted by Crippen LogP contribution is 2.35. The van der Waals surface area contributed by atoms with E-state index in [9.17, 15) is 0 Å². The van der Waals surface area contributed by atoms with Gasteiger partial charge in [-0.25, -0.2) is 0 Å². The molecule has 0 amide bonds. The van der Waals surface area contributed by atoms with Crippen LogP contribution in [0, 0.1) is 5.92 Å². The Hall–Kier alpha value is 0.140. The topological polar surface area (TPSA) is 12.0 Å². The van der Waals surface area contributed by atoms with Crippen molar-refractivity contribution >= 4 is 27.3 Å². The molecule has 1 saturated carbocycles. The van der Waals surface area contributed by atoms with Crippen molar-refractivity contribution in [2.75, 3.05) is 7.05 Å². The predicted molar refractivity (Wildman–Crippen MR) is 75.0 cm³/mol. The van der Waals surface area contributed by atoms with Gasteiger partial charge >= 0.3 is 0 Å². The van der Waals surface area contributed by atoms with Crippen LogP contribution in [0.2, 0.25) is 0 Å². The smallest absolute Gasteiger partial charge is 0.0701 e. The predicted octanol–water partition coefficient (Wildman–Crippen LogP) is 4.74. The first-order valence-electron chi connectivity index (χ1n) is 6.22. The lowest BCUT2D eigenvalue weighted by molar-refractivity contribution is 0.342. The molecule has 2 rings (SSSR count). The fraction of sp³-hybridized carbons (Fsp3) is 0.692. The minimum absolute atomic E-state index is 0.556. The second kappa shape index (κ2) is 6.18. The van der Waals surface area contributed by atoms with Gasteiger partial charge in [0.05, 0.1) is 3.79 Å². The van der Waals surface area contributed by atoms with Gasteiger partial charge in [-0.15, -0.1) is 11.3 Å². The van der Waals surface area contributed by atoms with E-state index < -0.39 is 0 Å². The fourth-order valence-electron chi connectivity index (χ4n) is 2.81. The van der Waals surface area contributed by atoms with Crippen molar-refractivity contribution in [1.82, 2.24) is 5.32 Å². The summed E-state index contributed by atoms with van der Waals surface area (Å²) in [5, 5.41) is 5.80. The van der Waals surface area contributed by atoms with Gasteiger partial charge < -0.3 is 5.32 Å². The van der Waals surface area contributed by atoms with Gasteiger partial charge in [-0.3, -0.25) is 0 Å². The summed E-state index contributed by atoms with van der Waals surface area (Å²) in [6, 6.07) is 2.83. The van der Waals surface area contributed by atoms with Crippen molar-refractivity contribution in [1.29, 1.82) is 0 Å². The minimum atomic E-state index is 0.556. The Labute approximate surface area is 111 Å². The molecule has 1 fully saturated rings. The number of hydrogen-bond acceptors (Lipinski definition) is 2. The molecular formula is C13H20BrNS. The molecule has 0 saturated heterocycles. The van der Waals surface area contributed by atoms with Gasteiger partial charge in [-0.1, -0.05) is 25.7 Å². The molecular weight excluding hydrogens is 282 g/mol. The van der Waals surface area contributed by atoms with Crippen LogP contribution in [-0.2, 0) is 0 Å². The Morgan fingerprint density at radius 1 is 1.31 bits per heavy atom. The van der Waals surface area contributed by atoms with E-state index in [4.69, 9.17) is 0 Å². The Balaban J connectivity index is 2.08. The molecule has 1 unspecified atom stereocenters. The Bertz CT molecular complexity index is 315. The van der Waals surface area contributed by atoms with E-state index in [-0.39, 0.29) is 0 Å². The van der Waals surface area contributed by atoms with E-state index in [1.807, 2.05) is 0 Å². The largest absolute Gasteiger partial charge is 0.313 e. The highest BCUT2D eigenvalue weighted by Gasteiger charge is 2.23. The third kappa shape index (κ3) is 3.08. The summed E-state index contributed by atoms with van der Waals surface area (Å²) in [5.41, 5.74) is 1.46. The zero-order valence-electron chi connectivity index (χ0n) is 9.84. The van der Waals surface area contributed by atoms with Crippen LogP contribution in [0.15, 0.2) is 15.2 Å². The maximum atomic E-state index is 3.56. The van der Waals surface area contributed by atoms with E-state index >= 15 is 0 Å². The molecule has 1 atom stereocenters. The first-order valence-corrected chi connectivity index (χ1v) is 7.89. The highest BCUT2D eigenvalue weighted by molar-refractivity contribution is 9.11. The van der Waals surface area contributed by atoms with Crippen LogP contribution in [0.3, 0.4) is 0 Å². The summed E-state index contributed by atoms with van der Waals surface area (Å²) in [4.78, 5) is 0. The summed E-state index contributed by atoms with van der Waals surface area (Å²) in [5.74, 6) is 0.828. The number of hydrogen-bond donors (Lipinski definition) is 1. The first-order chi connectivity index (χ1) is 7.81. The van der Waals surface area contributed by atoms with Crippen LogP contribution >= 0.6 is 27.3 Å². The zero-order chi connectivity index (χ0) is 11.4. The van der Waals surface area contributed by atoms with Crippen molar-refractivity contribution in [3.05, 3.63) is 20.8 Å². The molecule has 0 aromatic carbocycles. The molecule has 0 bridgehead atoms. The second-order valence-corrected chi connectivity index (χ2v) is 6.99. The van der Waals surface area contributed by atoms with Gasteiger partial charge in [-0.2, -0.15) is 0 Å². The molecule has 0 spiro atoms. The lowest BCUT2D eigenvalue weighted by atomic mass is 9.88. The van der Waals surface area contributed by atoms with Crippen LogP contribution in [-0.4, -0.2) is 7.05 Å². The van der Waals surface area contributed by atoms with E-state index in [1.165, 1.54) is 47.9 Å². The lowest BCUT2D eigenvalue weighted by Crippen LogP contribution is -2.24. The molecule has 1 aromatic rings. The monoisotopic (exact) mass is 301 g/mol. The number of thiophene rings is 1. The van der Waals surface area contributed by atoms with Crippen molar-refractivity contribution in [3.63, 3.8) is 0 Å². The van der Waals surface area contributed by atoms with Gasteiger partial charge in [0, 0.05) is 6.04 Å². The van der Waals surface area contributed by atoms with Crippen molar-refractivity contribution in [3.8, 4) is 0 Å². The zero-order valence-corrected chi connectivity index (χ0v) is 12.2. The summed E-state index contributed by atoms with van der Waals surface area (Å²) in [6.45, 7) is 0. The third-order valence-corrected chi connectivity index (χ3v) is 5.15. The van der Waals surface area contributed by atoms with E-state index in [1.54, 1.807) is 11.3 Å². The molecule has 0 aliphatic heterocycles. The van der Waals surface area contributed by atoms with Crippen molar-refractivity contribution in [2.24, 2.45) is 5.92 Å². The van der Waals surface area contributed by atoms with Crippen LogP contribution in [0.4, 0.5) is 0 Å². The first kappa shape index (κ1) is 12.6. The van der Waals surface area contributed by atoms with Crippen LogP contribution in [0.5, 0.6) is 0 Å². The Morgan fingerprint density at radius 3 is 2.50 bits per heavy atom. The standard InChI is InChI=1S/C13H20BrNS/c1-15-13(11-8-12(14)16-9-11)10-6-4-2-3-5-7-10/h8-10,13,15H,2-7H2,1H3. The summed E-state index contributed by atoms with van der Waals surface area (Å²) in [7, 11) is 2.10. The normalized spacial score (nSPS) is 20.6. The molecule has 1 nitrogen and oxygen atoms in total. The molecule has 1 heterocycles. The quantitative estimate of drug-likeness (QED) is 0.795. The van der Waals surface area contributed by atoms with Gasteiger partial charge in [-0.05, 0) is 58.7 Å². The molecule has 1 aromatic heterocycles. The molecule has 1 N–H and O–H groups in total. The fourth-order valence-corrected chi connectivity index (χ4v) is 4.02. The molecule has 0 radical (unpaired) electrons. The van der Waals surface area contributed by atoms with Crippen molar-refractivity contribution < 1.29 is 0 Å². The van der Waals surface area contributed by atoms with Gasteiger partial charge in [0.25, 0.3) is 0 Å². The number of halogens is 1. The van der Waals surface area contributed by atoms with Crippen LogP contribution in [0.1, 0.15) is 50.1 Å². The average molecular weight is 302 g/mol. The SMILES string of the molecule is CNC(c1csc(Br)c1)C1CCCCCC1. The van der Waals surface area contributed by atoms with E-state index in [0.717, 1.165) is 5.92 Å². The van der Waals surface area contributed by atoms with E-state index in [2.05, 4.69) is 39.7 Å². The van der Waals surface area contributed by atoms with Gasteiger partial charge in [0.15, 0.2) is 0 Å². The molecule has 16 heavy (non-hydrogen) atoms. The van der Waals surface area contributed by atoms with Gasteiger partial charge in [0.2, 0.25) is 0 Å². The van der Waals surface area contributed by atoms with Crippen LogP contribution in [0.25, 0.3) is 0 Å². The third-order valence-electron chi connectivity index (χ3n) is 3.63. The second-order valence-electron chi connectivity index (χ2n) is 4.70. The van der Waals surface area contributed by atoms with Gasteiger partial charge in [0.1, 0.15) is 0 Å². The van der Waals surface area contributed by atoms with Crippen molar-refractivity contribution in [2.45, 2.75) is 44.6 Å². The highest BCUT2D eigenvalue weighted by atomic mass is 79.9. The summed E-state index contributed by atoms with van der Waals surface area (Å²) in [6.07, 6.45) is 8.46. The minimum Gasteiger partial charge on any atom is -0.313 e. The molecule has 1 aliphatic carbocycles. The molecule has 90 valence electrons. The summed E-state index contributed by atoms with van der Waals surface area (Å²) < 4.78 is 1.25. The van der Waals surface area contributed by atoms with E-state index in [0.29, 0.717) is 6.04 Å². The number of rotatable bonds is 3. The molecule has 3 heteroatoms.